The van der Waals surface area contributed by atoms with E-state index in [2.05, 4.69) is 25.3 Å². The van der Waals surface area contributed by atoms with Crippen molar-refractivity contribution in [2.45, 2.75) is 25.6 Å². The summed E-state index contributed by atoms with van der Waals surface area (Å²) in [6.07, 6.45) is 4.59. The highest BCUT2D eigenvalue weighted by Gasteiger charge is 2.40. The van der Waals surface area contributed by atoms with Crippen molar-refractivity contribution >= 4 is 17.7 Å². The van der Waals surface area contributed by atoms with E-state index in [1.54, 1.807) is 13.0 Å². The second-order valence-corrected chi connectivity index (χ2v) is 6.14. The summed E-state index contributed by atoms with van der Waals surface area (Å²) in [4.78, 5) is 22.9. The number of carbonyl (C=O) groups excluding carboxylic acids is 1. The van der Waals surface area contributed by atoms with Crippen LogP contribution < -0.4 is 10.2 Å². The van der Waals surface area contributed by atoms with Gasteiger partial charge in [0.1, 0.15) is 5.76 Å². The number of ether oxygens (including phenoxy) is 2. The fraction of sp³-hybridized carbons (Fsp3) is 0.500. The molecule has 9 nitrogen and oxygen atoms in total. The van der Waals surface area contributed by atoms with Gasteiger partial charge >= 0.3 is 0 Å². The van der Waals surface area contributed by atoms with Gasteiger partial charge in [0.2, 0.25) is 5.95 Å². The zero-order chi connectivity index (χ0) is 17.3. The molecule has 0 radical (unpaired) electrons. The molecule has 0 aliphatic carbocycles. The molecule has 1 amide bonds. The Kier molecular flexibility index (Phi) is 4.10. The van der Waals surface area contributed by atoms with Gasteiger partial charge in [0.15, 0.2) is 11.6 Å². The summed E-state index contributed by atoms with van der Waals surface area (Å²) < 4.78 is 16.4. The molecule has 1 N–H and O–H groups in total. The molecule has 0 bridgehead atoms. The van der Waals surface area contributed by atoms with Gasteiger partial charge in [-0.1, -0.05) is 5.16 Å². The van der Waals surface area contributed by atoms with Crippen LogP contribution in [0.4, 0.5) is 11.8 Å². The summed E-state index contributed by atoms with van der Waals surface area (Å²) >= 11 is 0. The maximum atomic E-state index is 12.2. The van der Waals surface area contributed by atoms with E-state index in [0.717, 1.165) is 25.9 Å². The summed E-state index contributed by atoms with van der Waals surface area (Å²) in [5.74, 6) is 0.836. The lowest BCUT2D eigenvalue weighted by Crippen LogP contribution is -2.45. The summed E-state index contributed by atoms with van der Waals surface area (Å²) in [6, 6.07) is 1.64. The molecular weight excluding hydrogens is 326 g/mol. The number of hydrogen-bond acceptors (Lipinski definition) is 8. The van der Waals surface area contributed by atoms with Crippen molar-refractivity contribution in [1.29, 1.82) is 0 Å². The second-order valence-electron chi connectivity index (χ2n) is 6.14. The first-order chi connectivity index (χ1) is 12.1. The largest absolute Gasteiger partial charge is 0.360 e. The Bertz CT molecular complexity index is 744. The quantitative estimate of drug-likeness (QED) is 0.890. The van der Waals surface area contributed by atoms with Crippen molar-refractivity contribution in [3.8, 4) is 0 Å². The van der Waals surface area contributed by atoms with Crippen LogP contribution >= 0.6 is 0 Å². The van der Waals surface area contributed by atoms with Crippen molar-refractivity contribution < 1.29 is 18.8 Å². The first-order valence-electron chi connectivity index (χ1n) is 8.23. The molecule has 4 rings (SSSR count). The van der Waals surface area contributed by atoms with Crippen LogP contribution in [-0.2, 0) is 9.47 Å². The Morgan fingerprint density at radius 2 is 1.88 bits per heavy atom. The lowest BCUT2D eigenvalue weighted by atomic mass is 10.0. The van der Waals surface area contributed by atoms with Gasteiger partial charge in [-0.2, -0.15) is 0 Å². The molecule has 0 aromatic carbocycles. The predicted octanol–water partition coefficient (Wildman–Crippen LogP) is 1.37. The molecule has 0 atom stereocenters. The Labute approximate surface area is 144 Å². The number of aromatic nitrogens is 3. The van der Waals surface area contributed by atoms with Crippen LogP contribution in [0.3, 0.4) is 0 Å². The van der Waals surface area contributed by atoms with Gasteiger partial charge < -0.3 is 24.2 Å². The highest BCUT2D eigenvalue weighted by molar-refractivity contribution is 6.03. The van der Waals surface area contributed by atoms with Gasteiger partial charge in [0, 0.05) is 44.4 Å². The molecule has 2 aliphatic rings. The first-order valence-corrected chi connectivity index (χ1v) is 8.23. The first kappa shape index (κ1) is 16.0. The van der Waals surface area contributed by atoms with Gasteiger partial charge in [-0.05, 0) is 6.92 Å². The Morgan fingerprint density at radius 3 is 2.48 bits per heavy atom. The lowest BCUT2D eigenvalue weighted by Gasteiger charge is -2.37. The molecular formula is C16H19N5O4. The van der Waals surface area contributed by atoms with E-state index in [4.69, 9.17) is 14.0 Å². The lowest BCUT2D eigenvalue weighted by molar-refractivity contribution is -0.169. The van der Waals surface area contributed by atoms with Crippen molar-refractivity contribution in [1.82, 2.24) is 15.1 Å². The molecule has 1 spiro atoms. The molecule has 2 aromatic heterocycles. The van der Waals surface area contributed by atoms with E-state index in [1.165, 1.54) is 12.4 Å². The third-order valence-corrected chi connectivity index (χ3v) is 4.39. The number of anilines is 2. The fourth-order valence-corrected chi connectivity index (χ4v) is 3.05. The number of piperidine rings is 1. The number of nitrogens with one attached hydrogen (secondary N) is 1. The summed E-state index contributed by atoms with van der Waals surface area (Å²) in [5, 5.41) is 6.37. The topological polar surface area (TPSA) is 103 Å². The number of carbonyl (C=O) groups is 1. The van der Waals surface area contributed by atoms with Crippen molar-refractivity contribution in [2.75, 3.05) is 36.5 Å². The van der Waals surface area contributed by atoms with Gasteiger partial charge in [-0.15, -0.1) is 0 Å². The van der Waals surface area contributed by atoms with Crippen LogP contribution in [0.5, 0.6) is 0 Å². The molecule has 132 valence electrons. The van der Waals surface area contributed by atoms with Crippen molar-refractivity contribution in [2.24, 2.45) is 0 Å². The number of hydrogen-bond donors (Lipinski definition) is 1. The third-order valence-electron chi connectivity index (χ3n) is 4.39. The maximum absolute atomic E-state index is 12.2. The standard InChI is InChI=1S/C16H19N5O4/c1-11-8-13(20-25-11)19-14(22)12-9-17-15(18-10-12)21-4-2-16(3-5-21)23-6-7-24-16/h8-10H,2-7H2,1H3,(H,19,20,22). The summed E-state index contributed by atoms with van der Waals surface area (Å²) in [6.45, 7) is 4.58. The van der Waals surface area contributed by atoms with E-state index in [0.29, 0.717) is 36.3 Å². The molecule has 2 aliphatic heterocycles. The van der Waals surface area contributed by atoms with E-state index in [-0.39, 0.29) is 5.91 Å². The van der Waals surface area contributed by atoms with Crippen LogP contribution in [0.2, 0.25) is 0 Å². The minimum atomic E-state index is -0.425. The SMILES string of the molecule is Cc1cc(NC(=O)c2cnc(N3CCC4(CC3)OCCO4)nc2)no1. The second kappa shape index (κ2) is 6.41. The smallest absolute Gasteiger partial charge is 0.260 e. The predicted molar refractivity (Wildman–Crippen MR) is 87.3 cm³/mol. The molecule has 0 saturated carbocycles. The van der Waals surface area contributed by atoms with Gasteiger partial charge in [0.25, 0.3) is 5.91 Å². The molecule has 2 aromatic rings. The minimum Gasteiger partial charge on any atom is -0.360 e. The van der Waals surface area contributed by atoms with Crippen LogP contribution in [0, 0.1) is 6.92 Å². The highest BCUT2D eigenvalue weighted by Crippen LogP contribution is 2.32. The third kappa shape index (κ3) is 3.33. The Balaban J connectivity index is 1.37. The minimum absolute atomic E-state index is 0.329. The number of nitrogens with zero attached hydrogens (tertiary/aromatic N) is 4. The van der Waals surface area contributed by atoms with Gasteiger partial charge in [-0.25, -0.2) is 9.97 Å². The number of aryl methyl sites for hydroxylation is 1. The van der Waals surface area contributed by atoms with Crippen LogP contribution in [0.15, 0.2) is 23.0 Å². The molecule has 0 unspecified atom stereocenters. The fourth-order valence-electron chi connectivity index (χ4n) is 3.05. The molecule has 9 heteroatoms. The van der Waals surface area contributed by atoms with Gasteiger partial charge in [0.05, 0.1) is 18.8 Å². The number of amides is 1. The highest BCUT2D eigenvalue weighted by atomic mass is 16.7. The van der Waals surface area contributed by atoms with Crippen LogP contribution in [-0.4, -0.2) is 53.1 Å². The zero-order valence-corrected chi connectivity index (χ0v) is 13.9. The van der Waals surface area contributed by atoms with Crippen LogP contribution in [0.1, 0.15) is 29.0 Å². The normalized spacial score (nSPS) is 19.3. The summed E-state index contributed by atoms with van der Waals surface area (Å²) in [7, 11) is 0. The average molecular weight is 345 g/mol. The van der Waals surface area contributed by atoms with E-state index < -0.39 is 5.79 Å². The van der Waals surface area contributed by atoms with E-state index >= 15 is 0 Å². The molecule has 2 fully saturated rings. The summed E-state index contributed by atoms with van der Waals surface area (Å²) in [5.41, 5.74) is 0.361. The van der Waals surface area contributed by atoms with E-state index in [1.807, 2.05) is 0 Å². The number of rotatable bonds is 3. The Morgan fingerprint density at radius 1 is 1.20 bits per heavy atom. The van der Waals surface area contributed by atoms with Crippen LogP contribution in [0.25, 0.3) is 0 Å². The van der Waals surface area contributed by atoms with Gasteiger partial charge in [-0.3, -0.25) is 4.79 Å². The monoisotopic (exact) mass is 345 g/mol. The zero-order valence-electron chi connectivity index (χ0n) is 13.9. The molecule has 25 heavy (non-hydrogen) atoms. The van der Waals surface area contributed by atoms with E-state index in [9.17, 15) is 4.79 Å². The maximum Gasteiger partial charge on any atom is 0.260 e. The Hall–Kier alpha value is -2.52. The molecule has 4 heterocycles. The molecule has 2 saturated heterocycles. The average Bonchev–Trinajstić information content (AvgIpc) is 3.25. The van der Waals surface area contributed by atoms with Crippen molar-refractivity contribution in [3.05, 3.63) is 29.8 Å². The van der Waals surface area contributed by atoms with Crippen molar-refractivity contribution in [3.63, 3.8) is 0 Å².